The average Bonchev–Trinajstić information content (AvgIpc) is 3.39. The van der Waals surface area contributed by atoms with Crippen molar-refractivity contribution < 1.29 is 29.0 Å². The maximum absolute atomic E-state index is 14.3. The van der Waals surface area contributed by atoms with Gasteiger partial charge in [0.15, 0.2) is 0 Å². The third-order valence-electron chi connectivity index (χ3n) is 7.58. The van der Waals surface area contributed by atoms with Gasteiger partial charge in [0.1, 0.15) is 17.6 Å². The Morgan fingerprint density at radius 2 is 2.09 bits per heavy atom. The molecule has 190 valence electrons. The molecule has 4 rings (SSSR count). The lowest BCUT2D eigenvalue weighted by Gasteiger charge is -2.37. The number of anilines is 1. The number of aliphatic hydroxyl groups excluding tert-OH is 1. The van der Waals surface area contributed by atoms with Crippen LogP contribution in [0.1, 0.15) is 39.5 Å². The molecule has 3 saturated heterocycles. The molecule has 1 spiro atoms. The summed E-state index contributed by atoms with van der Waals surface area (Å²) in [6, 6.07) is 6.09. The molecule has 0 saturated carbocycles. The molecule has 8 nitrogen and oxygen atoms in total. The summed E-state index contributed by atoms with van der Waals surface area (Å²) in [5.41, 5.74) is -1.50. The average molecular weight is 505 g/mol. The van der Waals surface area contributed by atoms with E-state index in [4.69, 9.17) is 21.1 Å². The standard InChI is InChI=1S/C26H33ClN2O6/c1-4-14-28(18-11-7-6-10-17(18)27)23(32)21-26-13-12-25(3,35-26)20(24(33)34-5-2)19(26)22(31)29(21)15-8-9-16-30/h4,6-7,10-11,19-21,30H,1,5,8-9,12-16H2,2-3H3/t19-,20-,21?,25+,26?/m0/s1. The molecular weight excluding hydrogens is 472 g/mol. The van der Waals surface area contributed by atoms with E-state index in [2.05, 4.69) is 6.58 Å². The number of hydrogen-bond donors (Lipinski definition) is 1. The van der Waals surface area contributed by atoms with Crippen molar-refractivity contribution in [3.63, 3.8) is 0 Å². The maximum atomic E-state index is 14.3. The van der Waals surface area contributed by atoms with Crippen molar-refractivity contribution in [1.82, 2.24) is 4.90 Å². The van der Waals surface area contributed by atoms with Gasteiger partial charge in [-0.15, -0.1) is 6.58 Å². The molecule has 3 aliphatic rings. The monoisotopic (exact) mass is 504 g/mol. The van der Waals surface area contributed by atoms with E-state index in [0.717, 1.165) is 0 Å². The molecule has 0 aromatic heterocycles. The number of benzene rings is 1. The van der Waals surface area contributed by atoms with Crippen LogP contribution >= 0.6 is 11.6 Å². The molecule has 2 amide bonds. The van der Waals surface area contributed by atoms with Crippen LogP contribution in [0.2, 0.25) is 5.02 Å². The van der Waals surface area contributed by atoms with Crippen LogP contribution in [0.4, 0.5) is 5.69 Å². The Morgan fingerprint density at radius 3 is 2.74 bits per heavy atom. The lowest BCUT2D eigenvalue weighted by Crippen LogP contribution is -2.56. The fraction of sp³-hybridized carbons (Fsp3) is 0.577. The van der Waals surface area contributed by atoms with Crippen molar-refractivity contribution in [3.05, 3.63) is 41.9 Å². The summed E-state index contributed by atoms with van der Waals surface area (Å²) < 4.78 is 11.9. The second kappa shape index (κ2) is 9.91. The number of unbranched alkanes of at least 4 members (excludes halogenated alkanes) is 1. The lowest BCUT2D eigenvalue weighted by atomic mass is 9.66. The third kappa shape index (κ3) is 4.05. The van der Waals surface area contributed by atoms with Crippen molar-refractivity contribution in [3.8, 4) is 0 Å². The first-order valence-electron chi connectivity index (χ1n) is 12.2. The predicted octanol–water partition coefficient (Wildman–Crippen LogP) is 2.96. The summed E-state index contributed by atoms with van der Waals surface area (Å²) in [5.74, 6) is -2.66. The highest BCUT2D eigenvalue weighted by Gasteiger charge is 2.78. The van der Waals surface area contributed by atoms with E-state index >= 15 is 0 Å². The lowest BCUT2D eigenvalue weighted by molar-refractivity contribution is -0.159. The smallest absolute Gasteiger partial charge is 0.312 e. The highest BCUT2D eigenvalue weighted by Crippen LogP contribution is 2.63. The Balaban J connectivity index is 1.79. The Labute approximate surface area is 210 Å². The van der Waals surface area contributed by atoms with Crippen LogP contribution in [0.3, 0.4) is 0 Å². The molecule has 2 bridgehead atoms. The van der Waals surface area contributed by atoms with Crippen LogP contribution < -0.4 is 4.90 Å². The molecule has 35 heavy (non-hydrogen) atoms. The van der Waals surface area contributed by atoms with E-state index in [1.165, 1.54) is 4.90 Å². The predicted molar refractivity (Wildman–Crippen MR) is 131 cm³/mol. The number of amides is 2. The van der Waals surface area contributed by atoms with E-state index in [1.54, 1.807) is 42.2 Å². The van der Waals surface area contributed by atoms with Crippen LogP contribution in [-0.4, -0.2) is 71.3 Å². The first kappa shape index (κ1) is 25.7. The molecular formula is C26H33ClN2O6. The van der Waals surface area contributed by atoms with E-state index in [1.807, 2.05) is 6.92 Å². The fourth-order valence-corrected chi connectivity index (χ4v) is 6.42. The van der Waals surface area contributed by atoms with Gasteiger partial charge in [-0.2, -0.15) is 0 Å². The van der Waals surface area contributed by atoms with Crippen LogP contribution in [0.25, 0.3) is 0 Å². The number of para-hydroxylation sites is 1. The van der Waals surface area contributed by atoms with Crippen LogP contribution in [0.15, 0.2) is 36.9 Å². The molecule has 1 aromatic rings. The fourth-order valence-electron chi connectivity index (χ4n) is 6.18. The van der Waals surface area contributed by atoms with E-state index < -0.39 is 35.0 Å². The molecule has 9 heteroatoms. The topological polar surface area (TPSA) is 96.4 Å². The number of nitrogens with zero attached hydrogens (tertiary/aromatic N) is 2. The number of rotatable bonds is 10. The van der Waals surface area contributed by atoms with Gasteiger partial charge in [0.05, 0.1) is 28.8 Å². The highest BCUT2D eigenvalue weighted by molar-refractivity contribution is 6.34. The van der Waals surface area contributed by atoms with Crippen molar-refractivity contribution >= 4 is 35.1 Å². The zero-order valence-corrected chi connectivity index (χ0v) is 21.0. The molecule has 3 heterocycles. The quantitative estimate of drug-likeness (QED) is 0.299. The van der Waals surface area contributed by atoms with Crippen molar-refractivity contribution in [2.24, 2.45) is 11.8 Å². The highest BCUT2D eigenvalue weighted by atomic mass is 35.5. The zero-order valence-electron chi connectivity index (χ0n) is 20.2. The van der Waals surface area contributed by atoms with Crippen LogP contribution in [0.5, 0.6) is 0 Å². The molecule has 0 aliphatic carbocycles. The van der Waals surface area contributed by atoms with Crippen LogP contribution in [-0.2, 0) is 23.9 Å². The second-order valence-corrected chi connectivity index (χ2v) is 10.0. The zero-order chi connectivity index (χ0) is 25.4. The molecule has 1 N–H and O–H groups in total. The van der Waals surface area contributed by atoms with Gasteiger partial charge >= 0.3 is 5.97 Å². The molecule has 3 aliphatic heterocycles. The van der Waals surface area contributed by atoms with Crippen LogP contribution in [0, 0.1) is 11.8 Å². The summed E-state index contributed by atoms with van der Waals surface area (Å²) in [5, 5.41) is 9.70. The number of fused-ring (bicyclic) bond motifs is 1. The van der Waals surface area contributed by atoms with Gasteiger partial charge in [0.25, 0.3) is 5.91 Å². The number of hydrogen-bond acceptors (Lipinski definition) is 6. The Morgan fingerprint density at radius 1 is 1.34 bits per heavy atom. The van der Waals surface area contributed by atoms with Gasteiger partial charge < -0.3 is 24.4 Å². The first-order valence-corrected chi connectivity index (χ1v) is 12.6. The van der Waals surface area contributed by atoms with Gasteiger partial charge in [-0.1, -0.05) is 29.8 Å². The minimum Gasteiger partial charge on any atom is -0.466 e. The second-order valence-electron chi connectivity index (χ2n) is 9.63. The Bertz CT molecular complexity index is 1020. The Kier molecular flexibility index (Phi) is 7.27. The number of ether oxygens (including phenoxy) is 2. The number of esters is 1. The summed E-state index contributed by atoms with van der Waals surface area (Å²) in [6.45, 7) is 8.01. The van der Waals surface area contributed by atoms with Gasteiger partial charge in [-0.25, -0.2) is 0 Å². The largest absolute Gasteiger partial charge is 0.466 e. The molecule has 3 fully saturated rings. The Hall–Kier alpha value is -2.42. The van der Waals surface area contributed by atoms with Crippen molar-refractivity contribution in [2.75, 3.05) is 31.2 Å². The molecule has 5 atom stereocenters. The number of halogens is 1. The summed E-state index contributed by atoms with van der Waals surface area (Å²) in [6.07, 6.45) is 3.64. The number of likely N-dealkylation sites (tertiary alicyclic amines) is 1. The van der Waals surface area contributed by atoms with Gasteiger partial charge in [-0.3, -0.25) is 14.4 Å². The van der Waals surface area contributed by atoms with Gasteiger partial charge in [-0.05, 0) is 51.7 Å². The molecule has 2 unspecified atom stereocenters. The van der Waals surface area contributed by atoms with Gasteiger partial charge in [0.2, 0.25) is 5.91 Å². The van der Waals surface area contributed by atoms with Crippen molar-refractivity contribution in [1.29, 1.82) is 0 Å². The summed E-state index contributed by atoms with van der Waals surface area (Å²) >= 11 is 6.45. The van der Waals surface area contributed by atoms with E-state index in [-0.39, 0.29) is 38.1 Å². The first-order chi connectivity index (χ1) is 16.8. The molecule has 0 radical (unpaired) electrons. The number of carbonyl (C=O) groups excluding carboxylic acids is 3. The molecule has 1 aromatic carbocycles. The maximum Gasteiger partial charge on any atom is 0.312 e. The third-order valence-corrected chi connectivity index (χ3v) is 7.90. The minimum absolute atomic E-state index is 0.0164. The number of aliphatic hydroxyl groups is 1. The van der Waals surface area contributed by atoms with Crippen molar-refractivity contribution in [2.45, 2.75) is 56.8 Å². The number of carbonyl (C=O) groups is 3. The SMILES string of the molecule is C=CCN(C(=O)C1N(CCCCO)C(=O)[C@@H]2[C@@H](C(=O)OCC)[C@@]3(C)CCC12O3)c1ccccc1Cl. The minimum atomic E-state index is -1.14. The van der Waals surface area contributed by atoms with E-state index in [0.29, 0.717) is 36.4 Å². The van der Waals surface area contributed by atoms with E-state index in [9.17, 15) is 19.5 Å². The summed E-state index contributed by atoms with van der Waals surface area (Å²) in [7, 11) is 0. The normalized spacial score (nSPS) is 30.9. The van der Waals surface area contributed by atoms with Gasteiger partial charge in [0, 0.05) is 19.7 Å². The summed E-state index contributed by atoms with van der Waals surface area (Å²) in [4.78, 5) is 44.3.